The van der Waals surface area contributed by atoms with E-state index in [1.54, 1.807) is 18.2 Å². The highest BCUT2D eigenvalue weighted by atomic mass is 79.9. The van der Waals surface area contributed by atoms with E-state index in [0.29, 0.717) is 15.6 Å². The lowest BCUT2D eigenvalue weighted by Crippen LogP contribution is -2.45. The number of hydrogen-bond donors (Lipinski definition) is 1. The number of amides is 1. The third kappa shape index (κ3) is 3.97. The van der Waals surface area contributed by atoms with E-state index in [1.807, 2.05) is 18.3 Å². The number of pyridine rings is 1. The van der Waals surface area contributed by atoms with Crippen LogP contribution in [0.3, 0.4) is 0 Å². The molecule has 2 aromatic carbocycles. The molecule has 1 aromatic heterocycles. The number of halogens is 3. The van der Waals surface area contributed by atoms with E-state index < -0.39 is 0 Å². The van der Waals surface area contributed by atoms with Crippen molar-refractivity contribution in [3.05, 3.63) is 68.7 Å². The molecule has 4 nitrogen and oxygen atoms in total. The van der Waals surface area contributed by atoms with Gasteiger partial charge in [-0.05, 0) is 54.6 Å². The van der Waals surface area contributed by atoms with Gasteiger partial charge in [-0.15, -0.1) is 0 Å². The maximum Gasteiger partial charge on any atom is 0.253 e. The van der Waals surface area contributed by atoms with Crippen molar-refractivity contribution in [2.75, 3.05) is 18.0 Å². The molecule has 1 N–H and O–H groups in total. The largest absolute Gasteiger partial charge is 0.356 e. The zero-order chi connectivity index (χ0) is 19.7. The maximum atomic E-state index is 12.6. The molecule has 1 amide bonds. The van der Waals surface area contributed by atoms with Crippen LogP contribution in [0.15, 0.2) is 53.1 Å². The molecule has 0 unspecified atom stereocenters. The fourth-order valence-electron chi connectivity index (χ4n) is 3.56. The standard InChI is InChI=1S/C21H18BrCl2N3O/c22-14-4-5-16-13(12-14)6-9-25-20(16)27-10-7-15(8-11-27)26-21(28)17-2-1-3-18(23)19(17)24/h1-6,9,12,15H,7-8,10-11H2,(H,26,28). The second kappa shape index (κ2) is 8.27. The molecule has 1 aliphatic rings. The molecule has 0 spiro atoms. The number of carbonyl (C=O) groups is 1. The summed E-state index contributed by atoms with van der Waals surface area (Å²) in [6, 6.07) is 13.4. The quantitative estimate of drug-likeness (QED) is 0.524. The molecule has 2 heterocycles. The highest BCUT2D eigenvalue weighted by molar-refractivity contribution is 9.10. The number of fused-ring (bicyclic) bond motifs is 1. The Morgan fingerprint density at radius 3 is 2.71 bits per heavy atom. The average molecular weight is 479 g/mol. The van der Waals surface area contributed by atoms with Crippen molar-refractivity contribution in [1.29, 1.82) is 0 Å². The molecule has 144 valence electrons. The third-order valence-corrected chi connectivity index (χ3v) is 6.34. The molecule has 0 atom stereocenters. The zero-order valence-electron chi connectivity index (χ0n) is 15.0. The predicted molar refractivity (Wildman–Crippen MR) is 119 cm³/mol. The van der Waals surface area contributed by atoms with Crippen LogP contribution in [0, 0.1) is 0 Å². The number of aromatic nitrogens is 1. The Morgan fingerprint density at radius 1 is 1.14 bits per heavy atom. The molecule has 4 rings (SSSR count). The van der Waals surface area contributed by atoms with Gasteiger partial charge in [0.1, 0.15) is 5.82 Å². The van der Waals surface area contributed by atoms with Crippen LogP contribution in [0.1, 0.15) is 23.2 Å². The van der Waals surface area contributed by atoms with Crippen LogP contribution < -0.4 is 10.2 Å². The summed E-state index contributed by atoms with van der Waals surface area (Å²) in [5.41, 5.74) is 0.415. The van der Waals surface area contributed by atoms with E-state index in [2.05, 4.69) is 43.3 Å². The molecule has 0 radical (unpaired) electrons. The lowest BCUT2D eigenvalue weighted by Gasteiger charge is -2.33. The summed E-state index contributed by atoms with van der Waals surface area (Å²) in [5.74, 6) is 0.812. The first kappa shape index (κ1) is 19.5. The van der Waals surface area contributed by atoms with Crippen molar-refractivity contribution in [2.24, 2.45) is 0 Å². The van der Waals surface area contributed by atoms with Gasteiger partial charge in [-0.2, -0.15) is 0 Å². The van der Waals surface area contributed by atoms with Gasteiger partial charge in [-0.1, -0.05) is 45.2 Å². The number of benzene rings is 2. The Labute approximate surface area is 182 Å². The first-order valence-electron chi connectivity index (χ1n) is 9.07. The number of nitrogens with zero attached hydrogens (tertiary/aromatic N) is 2. The fourth-order valence-corrected chi connectivity index (χ4v) is 4.33. The Morgan fingerprint density at radius 2 is 1.93 bits per heavy atom. The van der Waals surface area contributed by atoms with E-state index in [1.165, 1.54) is 0 Å². The molecular weight excluding hydrogens is 461 g/mol. The van der Waals surface area contributed by atoms with Crippen molar-refractivity contribution in [3.63, 3.8) is 0 Å². The second-order valence-electron chi connectivity index (χ2n) is 6.84. The predicted octanol–water partition coefficient (Wildman–Crippen LogP) is 5.70. The van der Waals surface area contributed by atoms with Gasteiger partial charge in [0.15, 0.2) is 0 Å². The summed E-state index contributed by atoms with van der Waals surface area (Å²) >= 11 is 15.7. The SMILES string of the molecule is O=C(NC1CCN(c2nccc3cc(Br)ccc23)CC1)c1cccc(Cl)c1Cl. The summed E-state index contributed by atoms with van der Waals surface area (Å²) < 4.78 is 1.05. The number of rotatable bonds is 3. The molecule has 0 aliphatic carbocycles. The van der Waals surface area contributed by atoms with Crippen LogP contribution in [0.4, 0.5) is 5.82 Å². The van der Waals surface area contributed by atoms with E-state index in [0.717, 1.165) is 47.0 Å². The van der Waals surface area contributed by atoms with Gasteiger partial charge in [0.2, 0.25) is 0 Å². The van der Waals surface area contributed by atoms with Crippen LogP contribution in [0.25, 0.3) is 10.8 Å². The molecule has 1 saturated heterocycles. The molecule has 3 aromatic rings. The highest BCUT2D eigenvalue weighted by Gasteiger charge is 2.24. The second-order valence-corrected chi connectivity index (χ2v) is 8.54. The monoisotopic (exact) mass is 477 g/mol. The Kier molecular flexibility index (Phi) is 5.76. The van der Waals surface area contributed by atoms with E-state index >= 15 is 0 Å². The van der Waals surface area contributed by atoms with E-state index in [-0.39, 0.29) is 11.9 Å². The van der Waals surface area contributed by atoms with Crippen molar-refractivity contribution in [1.82, 2.24) is 10.3 Å². The molecule has 28 heavy (non-hydrogen) atoms. The van der Waals surface area contributed by atoms with Crippen molar-refractivity contribution >= 4 is 61.6 Å². The van der Waals surface area contributed by atoms with Gasteiger partial charge in [0.05, 0.1) is 15.6 Å². The zero-order valence-corrected chi connectivity index (χ0v) is 18.1. The lowest BCUT2D eigenvalue weighted by molar-refractivity contribution is 0.0931. The first-order valence-corrected chi connectivity index (χ1v) is 10.6. The molecule has 0 bridgehead atoms. The first-order chi connectivity index (χ1) is 13.5. The smallest absolute Gasteiger partial charge is 0.253 e. The van der Waals surface area contributed by atoms with Crippen LogP contribution >= 0.6 is 39.1 Å². The average Bonchev–Trinajstić information content (AvgIpc) is 2.70. The van der Waals surface area contributed by atoms with Crippen LogP contribution in [-0.4, -0.2) is 30.0 Å². The van der Waals surface area contributed by atoms with Gasteiger partial charge in [-0.3, -0.25) is 4.79 Å². The Hall–Kier alpha value is -1.82. The third-order valence-electron chi connectivity index (χ3n) is 5.03. The Bertz CT molecular complexity index is 1040. The normalized spacial score (nSPS) is 15.0. The van der Waals surface area contributed by atoms with Crippen LogP contribution in [0.5, 0.6) is 0 Å². The van der Waals surface area contributed by atoms with Crippen molar-refractivity contribution in [3.8, 4) is 0 Å². The van der Waals surface area contributed by atoms with Crippen LogP contribution in [0.2, 0.25) is 10.0 Å². The van der Waals surface area contributed by atoms with E-state index in [9.17, 15) is 4.79 Å². The lowest BCUT2D eigenvalue weighted by atomic mass is 10.0. The molecule has 1 aliphatic heterocycles. The molecule has 7 heteroatoms. The Balaban J connectivity index is 1.44. The highest BCUT2D eigenvalue weighted by Crippen LogP contribution is 2.29. The fraction of sp³-hybridized carbons (Fsp3) is 0.238. The van der Waals surface area contributed by atoms with Gasteiger partial charge < -0.3 is 10.2 Å². The van der Waals surface area contributed by atoms with Gasteiger partial charge >= 0.3 is 0 Å². The summed E-state index contributed by atoms with van der Waals surface area (Å²) in [5, 5.41) is 6.06. The maximum absolute atomic E-state index is 12.6. The number of anilines is 1. The molecule has 0 saturated carbocycles. The summed E-state index contributed by atoms with van der Waals surface area (Å²) in [7, 11) is 0. The minimum absolute atomic E-state index is 0.0999. The molecular formula is C21H18BrCl2N3O. The number of nitrogens with one attached hydrogen (secondary N) is 1. The van der Waals surface area contributed by atoms with Gasteiger partial charge in [0, 0.05) is 35.2 Å². The summed E-state index contributed by atoms with van der Waals surface area (Å²) in [6.45, 7) is 1.66. The van der Waals surface area contributed by atoms with Crippen molar-refractivity contribution < 1.29 is 4.79 Å². The minimum Gasteiger partial charge on any atom is -0.356 e. The topological polar surface area (TPSA) is 45.2 Å². The number of piperidine rings is 1. The van der Waals surface area contributed by atoms with Crippen molar-refractivity contribution in [2.45, 2.75) is 18.9 Å². The summed E-state index contributed by atoms with van der Waals surface area (Å²) in [6.07, 6.45) is 3.54. The number of hydrogen-bond acceptors (Lipinski definition) is 3. The van der Waals surface area contributed by atoms with E-state index in [4.69, 9.17) is 23.2 Å². The minimum atomic E-state index is -0.181. The summed E-state index contributed by atoms with van der Waals surface area (Å²) in [4.78, 5) is 19.4. The number of carbonyl (C=O) groups excluding carboxylic acids is 1. The van der Waals surface area contributed by atoms with Gasteiger partial charge in [0.25, 0.3) is 5.91 Å². The van der Waals surface area contributed by atoms with Gasteiger partial charge in [-0.25, -0.2) is 4.98 Å². The van der Waals surface area contributed by atoms with Crippen LogP contribution in [-0.2, 0) is 0 Å². The molecule has 1 fully saturated rings.